The molecule has 4 aromatic rings. The molecule has 1 atom stereocenters. The summed E-state index contributed by atoms with van der Waals surface area (Å²) in [7, 11) is 1.78. The number of nitrogens with zero attached hydrogens (tertiary/aromatic N) is 1. The van der Waals surface area contributed by atoms with Crippen LogP contribution in [0.4, 0.5) is 0 Å². The predicted octanol–water partition coefficient (Wildman–Crippen LogP) is 6.67. The Balaban J connectivity index is 2.14. The van der Waals surface area contributed by atoms with Crippen LogP contribution in [0.3, 0.4) is 0 Å². The second-order valence-corrected chi connectivity index (χ2v) is 12.7. The van der Waals surface area contributed by atoms with Gasteiger partial charge < -0.3 is 18.5 Å². The zero-order chi connectivity index (χ0) is 25.5. The van der Waals surface area contributed by atoms with Crippen molar-refractivity contribution in [3.63, 3.8) is 0 Å². The van der Waals surface area contributed by atoms with Crippen molar-refractivity contribution >= 4 is 42.4 Å². The third-order valence-corrected chi connectivity index (χ3v) is 7.20. The maximum atomic E-state index is 13.4. The summed E-state index contributed by atoms with van der Waals surface area (Å²) in [5.41, 5.74) is 3.09. The first-order valence-corrected chi connectivity index (χ1v) is 14.9. The molecular weight excluding hydrogens is 478 g/mol. The number of aromatic nitrogens is 1. The fourth-order valence-corrected chi connectivity index (χ4v) is 5.74. The van der Waals surface area contributed by atoms with Gasteiger partial charge >= 0.3 is 0 Å². The molecule has 1 unspecified atom stereocenters. The minimum absolute atomic E-state index is 0.0868. The van der Waals surface area contributed by atoms with Gasteiger partial charge in [-0.3, -0.25) is 4.79 Å². The van der Waals surface area contributed by atoms with E-state index in [4.69, 9.17) is 25.5 Å². The Morgan fingerprint density at radius 2 is 1.51 bits per heavy atom. The van der Waals surface area contributed by atoms with Crippen molar-refractivity contribution in [3.05, 3.63) is 81.0 Å². The normalized spacial score (nSPS) is 12.9. The van der Waals surface area contributed by atoms with Crippen molar-refractivity contribution in [3.8, 4) is 11.5 Å². The highest BCUT2D eigenvalue weighted by Crippen LogP contribution is 2.42. The van der Waals surface area contributed by atoms with Crippen LogP contribution in [0.5, 0.6) is 11.5 Å². The summed E-state index contributed by atoms with van der Waals surface area (Å²) in [5.74, 6) is 1.47. The minimum Gasteiger partial charge on any atom is -0.496 e. The number of benzene rings is 3. The molecule has 0 saturated heterocycles. The minimum atomic E-state index is -1.56. The summed E-state index contributed by atoms with van der Waals surface area (Å²) in [6.45, 7) is 10.7. The van der Waals surface area contributed by atoms with Crippen molar-refractivity contribution in [1.29, 1.82) is 0 Å². The molecule has 3 aromatic carbocycles. The van der Waals surface area contributed by atoms with Crippen LogP contribution >= 0.6 is 11.6 Å². The van der Waals surface area contributed by atoms with E-state index in [0.29, 0.717) is 15.8 Å². The molecule has 184 valence electrons. The fourth-order valence-electron chi connectivity index (χ4n) is 4.69. The average Bonchev–Trinajstić information content (AvgIpc) is 2.81. The first-order valence-electron chi connectivity index (χ1n) is 11.7. The number of fused-ring (bicyclic) bond motifs is 2. The SMILES string of the molecule is COc1cc(C(O[SiH](C)C)n2c3ccccc3c(=O)c3c(Cl)cccc32)cc(OC)c1C(C)(C)C. The summed E-state index contributed by atoms with van der Waals surface area (Å²) in [4.78, 5) is 13.4. The Kier molecular flexibility index (Phi) is 7.00. The molecule has 5 nitrogen and oxygen atoms in total. The predicted molar refractivity (Wildman–Crippen MR) is 147 cm³/mol. The fraction of sp³-hybridized carbons (Fsp3) is 0.321. The van der Waals surface area contributed by atoms with Gasteiger partial charge in [0.2, 0.25) is 0 Å². The average molecular weight is 510 g/mol. The molecule has 35 heavy (non-hydrogen) atoms. The van der Waals surface area contributed by atoms with Crippen LogP contribution in [0.2, 0.25) is 18.1 Å². The van der Waals surface area contributed by atoms with E-state index in [0.717, 1.165) is 33.7 Å². The van der Waals surface area contributed by atoms with Gasteiger partial charge in [-0.25, -0.2) is 0 Å². The van der Waals surface area contributed by atoms with Crippen LogP contribution in [-0.2, 0) is 9.84 Å². The Bertz CT molecular complexity index is 1430. The lowest BCUT2D eigenvalue weighted by Crippen LogP contribution is -2.24. The van der Waals surface area contributed by atoms with Crippen LogP contribution in [0.15, 0.2) is 59.4 Å². The van der Waals surface area contributed by atoms with Gasteiger partial charge in [0, 0.05) is 16.5 Å². The Labute approximate surface area is 212 Å². The largest absolute Gasteiger partial charge is 0.496 e. The zero-order valence-electron chi connectivity index (χ0n) is 21.3. The van der Waals surface area contributed by atoms with Gasteiger partial charge in [-0.05, 0) is 54.9 Å². The number of para-hydroxylation sites is 1. The second-order valence-electron chi connectivity index (χ2n) is 9.94. The van der Waals surface area contributed by atoms with E-state index < -0.39 is 15.3 Å². The molecule has 4 rings (SSSR count). The molecule has 0 radical (unpaired) electrons. The number of hydrogen-bond acceptors (Lipinski definition) is 4. The first-order chi connectivity index (χ1) is 16.6. The summed E-state index contributed by atoms with van der Waals surface area (Å²) in [6, 6.07) is 17.2. The summed E-state index contributed by atoms with van der Waals surface area (Å²) in [6.07, 6.45) is -0.509. The van der Waals surface area contributed by atoms with Crippen molar-refractivity contribution in [2.45, 2.75) is 45.5 Å². The molecule has 0 amide bonds. The topological polar surface area (TPSA) is 49.7 Å². The van der Waals surface area contributed by atoms with E-state index in [1.165, 1.54) is 0 Å². The van der Waals surface area contributed by atoms with Gasteiger partial charge in [-0.15, -0.1) is 0 Å². The maximum Gasteiger partial charge on any atom is 0.198 e. The lowest BCUT2D eigenvalue weighted by atomic mass is 9.84. The third kappa shape index (κ3) is 4.58. The second kappa shape index (κ2) is 9.68. The number of pyridine rings is 1. The van der Waals surface area contributed by atoms with Crippen LogP contribution in [-0.4, -0.2) is 27.8 Å². The Morgan fingerprint density at radius 3 is 2.09 bits per heavy atom. The van der Waals surface area contributed by atoms with Gasteiger partial charge in [0.05, 0.1) is 35.7 Å². The number of rotatable bonds is 6. The molecule has 0 spiro atoms. The highest BCUT2D eigenvalue weighted by molar-refractivity contribution is 6.48. The molecule has 0 aliphatic heterocycles. The lowest BCUT2D eigenvalue weighted by Gasteiger charge is -2.30. The summed E-state index contributed by atoms with van der Waals surface area (Å²) in [5, 5.41) is 1.50. The van der Waals surface area contributed by atoms with Crippen molar-refractivity contribution < 1.29 is 13.9 Å². The summed E-state index contributed by atoms with van der Waals surface area (Å²) >= 11 is 6.57. The van der Waals surface area contributed by atoms with Gasteiger partial charge in [0.15, 0.2) is 20.7 Å². The van der Waals surface area contributed by atoms with E-state index in [2.05, 4.69) is 38.4 Å². The molecule has 7 heteroatoms. The van der Waals surface area contributed by atoms with Crippen LogP contribution in [0, 0.1) is 0 Å². The van der Waals surface area contributed by atoms with Gasteiger partial charge in [0.1, 0.15) is 11.5 Å². The molecule has 0 aliphatic rings. The maximum absolute atomic E-state index is 13.4. The van der Waals surface area contributed by atoms with Crippen LogP contribution in [0.1, 0.15) is 38.1 Å². The first kappa shape index (κ1) is 25.3. The van der Waals surface area contributed by atoms with E-state index in [1.54, 1.807) is 20.3 Å². The lowest BCUT2D eigenvalue weighted by molar-refractivity contribution is 0.184. The van der Waals surface area contributed by atoms with Crippen molar-refractivity contribution in [1.82, 2.24) is 4.57 Å². The van der Waals surface area contributed by atoms with E-state index >= 15 is 0 Å². The Hall–Kier alpha value is -2.80. The smallest absolute Gasteiger partial charge is 0.198 e. The van der Waals surface area contributed by atoms with E-state index in [1.807, 2.05) is 48.5 Å². The molecule has 0 bridgehead atoms. The van der Waals surface area contributed by atoms with Crippen molar-refractivity contribution in [2.24, 2.45) is 0 Å². The van der Waals surface area contributed by atoms with E-state index in [9.17, 15) is 4.79 Å². The van der Waals surface area contributed by atoms with Gasteiger partial charge in [-0.1, -0.05) is 50.6 Å². The third-order valence-electron chi connectivity index (χ3n) is 6.09. The molecule has 0 fully saturated rings. The number of methoxy groups -OCH3 is 2. The van der Waals surface area contributed by atoms with Crippen LogP contribution < -0.4 is 14.9 Å². The molecular formula is C28H32ClNO4Si. The number of ether oxygens (including phenoxy) is 2. The molecule has 1 heterocycles. The monoisotopic (exact) mass is 509 g/mol. The number of hydrogen-bond donors (Lipinski definition) is 0. The molecule has 1 aromatic heterocycles. The molecule has 0 aliphatic carbocycles. The van der Waals surface area contributed by atoms with Gasteiger partial charge in [0.25, 0.3) is 0 Å². The quantitative estimate of drug-likeness (QED) is 0.215. The van der Waals surface area contributed by atoms with E-state index in [-0.39, 0.29) is 10.8 Å². The standard InChI is InChI=1S/C28H32ClNO4Si/c1-28(2,3)25-22(32-4)15-17(16-23(25)33-5)27(34-35(6)7)30-20-13-9-8-11-18(20)26(31)24-19(29)12-10-14-21(24)30/h8-16,27,35H,1-7H3. The molecule has 0 N–H and O–H groups in total. The zero-order valence-corrected chi connectivity index (χ0v) is 23.2. The highest BCUT2D eigenvalue weighted by atomic mass is 35.5. The van der Waals surface area contributed by atoms with Crippen LogP contribution in [0.25, 0.3) is 21.8 Å². The number of halogens is 1. The highest BCUT2D eigenvalue weighted by Gasteiger charge is 2.29. The molecule has 0 saturated carbocycles. The van der Waals surface area contributed by atoms with Gasteiger partial charge in [-0.2, -0.15) is 0 Å². The summed E-state index contributed by atoms with van der Waals surface area (Å²) < 4.78 is 20.5. The van der Waals surface area contributed by atoms with Crippen molar-refractivity contribution in [2.75, 3.05) is 14.2 Å². The Morgan fingerprint density at radius 1 is 0.914 bits per heavy atom.